The molecule has 25 heavy (non-hydrogen) atoms. The smallest absolute Gasteiger partial charge is 0.224 e. The minimum atomic E-state index is -0.0793. The van der Waals surface area contributed by atoms with Crippen LogP contribution in [0, 0.1) is 0 Å². The molecule has 0 bridgehead atoms. The quantitative estimate of drug-likeness (QED) is 0.532. The van der Waals surface area contributed by atoms with Crippen molar-refractivity contribution in [1.29, 1.82) is 0 Å². The highest BCUT2D eigenvalue weighted by molar-refractivity contribution is 5.96. The van der Waals surface area contributed by atoms with Crippen molar-refractivity contribution in [2.45, 2.75) is 13.3 Å². The van der Waals surface area contributed by atoms with Crippen LogP contribution >= 0.6 is 0 Å². The zero-order valence-electron chi connectivity index (χ0n) is 13.9. The Morgan fingerprint density at radius 3 is 3.08 bits per heavy atom. The number of nitrogens with zero attached hydrogens (tertiary/aromatic N) is 4. The molecule has 8 heteroatoms. The maximum Gasteiger partial charge on any atom is 0.224 e. The molecule has 0 aliphatic carbocycles. The molecule has 0 unspecified atom stereocenters. The molecule has 4 aromatic heterocycles. The van der Waals surface area contributed by atoms with E-state index in [0.717, 1.165) is 28.1 Å². The summed E-state index contributed by atoms with van der Waals surface area (Å²) >= 11 is 0. The Bertz CT molecular complexity index is 1080. The van der Waals surface area contributed by atoms with Gasteiger partial charge < -0.3 is 15.6 Å². The first kappa shape index (κ1) is 15.1. The molecule has 4 rings (SSSR count). The summed E-state index contributed by atoms with van der Waals surface area (Å²) in [4.78, 5) is 24.0. The van der Waals surface area contributed by atoms with Crippen molar-refractivity contribution in [2.75, 3.05) is 17.7 Å². The fourth-order valence-electron chi connectivity index (χ4n) is 2.77. The second-order valence-electron chi connectivity index (χ2n) is 5.57. The Kier molecular flexibility index (Phi) is 3.57. The number of carbonyl (C=O) groups is 1. The Hall–Kier alpha value is -3.42. The summed E-state index contributed by atoms with van der Waals surface area (Å²) in [6.07, 6.45) is 5.63. The van der Waals surface area contributed by atoms with Crippen LogP contribution in [-0.4, -0.2) is 37.5 Å². The van der Waals surface area contributed by atoms with E-state index in [1.807, 2.05) is 31.4 Å². The number of nitrogens with one attached hydrogen (secondary N) is 3. The van der Waals surface area contributed by atoms with E-state index in [9.17, 15) is 4.79 Å². The van der Waals surface area contributed by atoms with E-state index >= 15 is 0 Å². The van der Waals surface area contributed by atoms with Gasteiger partial charge in [-0.15, -0.1) is 0 Å². The normalized spacial score (nSPS) is 11.1. The Labute approximate surface area is 143 Å². The zero-order valence-corrected chi connectivity index (χ0v) is 13.9. The maximum atomic E-state index is 11.8. The average Bonchev–Trinajstić information content (AvgIpc) is 3.25. The van der Waals surface area contributed by atoms with Gasteiger partial charge in [-0.2, -0.15) is 9.61 Å². The maximum absolute atomic E-state index is 11.8. The lowest BCUT2D eigenvalue weighted by atomic mass is 10.1. The highest BCUT2D eigenvalue weighted by atomic mass is 16.1. The van der Waals surface area contributed by atoms with Gasteiger partial charge in [-0.05, 0) is 12.1 Å². The van der Waals surface area contributed by atoms with E-state index < -0.39 is 0 Å². The number of rotatable bonds is 4. The number of H-pyrrole nitrogens is 1. The van der Waals surface area contributed by atoms with Crippen LogP contribution < -0.4 is 10.6 Å². The zero-order chi connectivity index (χ0) is 17.4. The van der Waals surface area contributed by atoms with Crippen molar-refractivity contribution in [3.05, 3.63) is 36.8 Å². The molecule has 3 N–H and O–H groups in total. The van der Waals surface area contributed by atoms with Crippen LogP contribution in [0.25, 0.3) is 27.9 Å². The molecule has 0 aliphatic heterocycles. The number of aromatic nitrogens is 5. The Morgan fingerprint density at radius 1 is 1.40 bits per heavy atom. The van der Waals surface area contributed by atoms with Gasteiger partial charge in [0.25, 0.3) is 0 Å². The van der Waals surface area contributed by atoms with Gasteiger partial charge >= 0.3 is 0 Å². The highest BCUT2D eigenvalue weighted by Gasteiger charge is 2.15. The van der Waals surface area contributed by atoms with Crippen LogP contribution in [0.1, 0.15) is 13.3 Å². The summed E-state index contributed by atoms with van der Waals surface area (Å²) in [6, 6.07) is 5.80. The van der Waals surface area contributed by atoms with E-state index in [1.54, 1.807) is 23.8 Å². The predicted octanol–water partition coefficient (Wildman–Crippen LogP) is 2.66. The lowest BCUT2D eigenvalue weighted by Gasteiger charge is -2.08. The first-order valence-corrected chi connectivity index (χ1v) is 8.00. The van der Waals surface area contributed by atoms with Crippen LogP contribution in [0.2, 0.25) is 0 Å². The standard InChI is InChI=1S/C17H17N7O/c1-3-15(25)22-13-9-21-24-14(18-2)7-12(23-17(13)24)11-8-20-16-10(11)5-4-6-19-16/h4-9,18H,3H2,1-2H3,(H,19,20)(H,22,25). The number of hydrogen-bond donors (Lipinski definition) is 3. The van der Waals surface area contributed by atoms with Gasteiger partial charge in [-0.1, -0.05) is 6.92 Å². The molecule has 8 nitrogen and oxygen atoms in total. The first-order chi connectivity index (χ1) is 12.2. The van der Waals surface area contributed by atoms with Crippen molar-refractivity contribution in [3.63, 3.8) is 0 Å². The summed E-state index contributed by atoms with van der Waals surface area (Å²) in [5.41, 5.74) is 3.68. The predicted molar refractivity (Wildman–Crippen MR) is 96.5 cm³/mol. The number of hydrogen-bond acceptors (Lipinski definition) is 5. The van der Waals surface area contributed by atoms with Crippen LogP contribution in [0.3, 0.4) is 0 Å². The second kappa shape index (κ2) is 5.90. The third kappa shape index (κ3) is 2.47. The number of fused-ring (bicyclic) bond motifs is 2. The van der Waals surface area contributed by atoms with Crippen molar-refractivity contribution < 1.29 is 4.79 Å². The molecule has 0 fully saturated rings. The van der Waals surface area contributed by atoms with E-state index in [-0.39, 0.29) is 5.91 Å². The highest BCUT2D eigenvalue weighted by Crippen LogP contribution is 2.30. The van der Waals surface area contributed by atoms with Crippen LogP contribution in [0.5, 0.6) is 0 Å². The fourth-order valence-corrected chi connectivity index (χ4v) is 2.77. The van der Waals surface area contributed by atoms with Gasteiger partial charge in [0.05, 0.1) is 11.9 Å². The lowest BCUT2D eigenvalue weighted by molar-refractivity contribution is -0.115. The molecular formula is C17H17N7O. The SMILES string of the molecule is CCC(=O)Nc1cnn2c(NC)cc(-c3c[nH]c4ncccc34)nc12. The van der Waals surface area contributed by atoms with E-state index in [0.29, 0.717) is 17.8 Å². The summed E-state index contributed by atoms with van der Waals surface area (Å²) in [7, 11) is 1.82. The molecule has 126 valence electrons. The van der Waals surface area contributed by atoms with E-state index in [4.69, 9.17) is 4.98 Å². The van der Waals surface area contributed by atoms with Crippen LogP contribution in [-0.2, 0) is 4.79 Å². The van der Waals surface area contributed by atoms with Gasteiger partial charge in [-0.3, -0.25) is 4.79 Å². The largest absolute Gasteiger partial charge is 0.373 e. The molecule has 0 spiro atoms. The number of amides is 1. The fraction of sp³-hybridized carbons (Fsp3) is 0.176. The molecule has 0 aromatic carbocycles. The molecular weight excluding hydrogens is 318 g/mol. The molecule has 4 heterocycles. The van der Waals surface area contributed by atoms with Gasteiger partial charge in [0.15, 0.2) is 5.65 Å². The van der Waals surface area contributed by atoms with Crippen molar-refractivity contribution in [3.8, 4) is 11.3 Å². The molecule has 4 aromatic rings. The summed E-state index contributed by atoms with van der Waals surface area (Å²) < 4.78 is 1.67. The van der Waals surface area contributed by atoms with Crippen molar-refractivity contribution >= 4 is 34.1 Å². The Morgan fingerprint density at radius 2 is 2.28 bits per heavy atom. The van der Waals surface area contributed by atoms with Crippen LogP contribution in [0.15, 0.2) is 36.8 Å². The molecule has 0 saturated carbocycles. The third-order valence-electron chi connectivity index (χ3n) is 4.05. The monoisotopic (exact) mass is 335 g/mol. The summed E-state index contributed by atoms with van der Waals surface area (Å²) in [5.74, 6) is 0.694. The van der Waals surface area contributed by atoms with Gasteiger partial charge in [-0.25, -0.2) is 9.97 Å². The van der Waals surface area contributed by atoms with Crippen molar-refractivity contribution in [1.82, 2.24) is 24.6 Å². The molecule has 0 atom stereocenters. The number of pyridine rings is 1. The minimum Gasteiger partial charge on any atom is -0.373 e. The number of aromatic amines is 1. The third-order valence-corrected chi connectivity index (χ3v) is 4.05. The van der Waals surface area contributed by atoms with Crippen molar-refractivity contribution in [2.24, 2.45) is 0 Å². The van der Waals surface area contributed by atoms with Gasteiger partial charge in [0.2, 0.25) is 5.91 Å². The summed E-state index contributed by atoms with van der Waals surface area (Å²) in [6.45, 7) is 1.80. The second-order valence-corrected chi connectivity index (χ2v) is 5.57. The molecule has 0 radical (unpaired) electrons. The van der Waals surface area contributed by atoms with E-state index in [1.165, 1.54) is 0 Å². The Balaban J connectivity index is 1.92. The van der Waals surface area contributed by atoms with Gasteiger partial charge in [0.1, 0.15) is 17.2 Å². The van der Waals surface area contributed by atoms with Gasteiger partial charge in [0, 0.05) is 42.9 Å². The summed E-state index contributed by atoms with van der Waals surface area (Å²) in [5, 5.41) is 11.3. The number of carbonyl (C=O) groups excluding carboxylic acids is 1. The van der Waals surface area contributed by atoms with Crippen LogP contribution in [0.4, 0.5) is 11.5 Å². The molecule has 0 saturated heterocycles. The average molecular weight is 335 g/mol. The number of anilines is 2. The molecule has 0 aliphatic rings. The lowest BCUT2D eigenvalue weighted by Crippen LogP contribution is -2.10. The topological polar surface area (TPSA) is 100 Å². The first-order valence-electron chi connectivity index (χ1n) is 8.00. The van der Waals surface area contributed by atoms with E-state index in [2.05, 4.69) is 25.7 Å². The molecule has 1 amide bonds. The minimum absolute atomic E-state index is 0.0793.